The molecule has 1 aromatic carbocycles. The van der Waals surface area contributed by atoms with Crippen molar-refractivity contribution >= 4 is 28.9 Å². The number of primary amides is 1. The van der Waals surface area contributed by atoms with Gasteiger partial charge in [0.25, 0.3) is 6.43 Å². The number of anilines is 1. The number of carbonyl (C=O) groups is 3. The Morgan fingerprint density at radius 1 is 1.08 bits per heavy atom. The van der Waals surface area contributed by atoms with Gasteiger partial charge in [-0.25, -0.2) is 14.2 Å². The molecule has 2 amide bonds. The lowest BCUT2D eigenvalue weighted by Crippen LogP contribution is -2.49. The van der Waals surface area contributed by atoms with Gasteiger partial charge in [0.1, 0.15) is 11.9 Å². The van der Waals surface area contributed by atoms with E-state index in [9.17, 15) is 23.2 Å². The van der Waals surface area contributed by atoms with Crippen LogP contribution in [0.1, 0.15) is 93.7 Å². The molecule has 0 bridgehead atoms. The highest BCUT2D eigenvalue weighted by Crippen LogP contribution is 2.42. The average molecular weight is 715 g/mol. The van der Waals surface area contributed by atoms with Gasteiger partial charge in [-0.15, -0.1) is 0 Å². The van der Waals surface area contributed by atoms with Crippen molar-refractivity contribution in [3.05, 3.63) is 46.2 Å². The van der Waals surface area contributed by atoms with Crippen LogP contribution in [0.5, 0.6) is 0 Å². The first-order valence-electron chi connectivity index (χ1n) is 18.7. The number of likely N-dealkylation sites (N-methyl/N-ethyl adjacent to an activating group) is 1. The van der Waals surface area contributed by atoms with Crippen LogP contribution in [0.15, 0.2) is 29.5 Å². The van der Waals surface area contributed by atoms with Crippen LogP contribution in [0.2, 0.25) is 0 Å². The summed E-state index contributed by atoms with van der Waals surface area (Å²) < 4.78 is 40.6. The van der Waals surface area contributed by atoms with Crippen LogP contribution in [0, 0.1) is 11.8 Å². The molecule has 2 unspecified atom stereocenters. The van der Waals surface area contributed by atoms with Crippen molar-refractivity contribution in [2.75, 3.05) is 65.1 Å². The third-order valence-electron chi connectivity index (χ3n) is 10.8. The minimum absolute atomic E-state index is 0.0141. The molecule has 5 N–H and O–H groups in total. The second-order valence-electron chi connectivity index (χ2n) is 14.2. The molecule has 1 aliphatic carbocycles. The fourth-order valence-electron chi connectivity index (χ4n) is 8.01. The number of ketones is 1. The van der Waals surface area contributed by atoms with E-state index in [1.54, 1.807) is 13.1 Å². The maximum absolute atomic E-state index is 14.9. The number of halogens is 2. The molecule has 0 spiro atoms. The number of nitrogens with one attached hydrogen (secondary N) is 3. The van der Waals surface area contributed by atoms with E-state index < -0.39 is 12.3 Å². The molecule has 0 aromatic heterocycles. The Morgan fingerprint density at radius 2 is 1.86 bits per heavy atom. The summed E-state index contributed by atoms with van der Waals surface area (Å²) in [5.41, 5.74) is 14.3. The topological polar surface area (TPSA) is 138 Å². The summed E-state index contributed by atoms with van der Waals surface area (Å²) in [6.07, 6.45) is 7.49. The van der Waals surface area contributed by atoms with Gasteiger partial charge in [-0.3, -0.25) is 19.7 Å². The first-order valence-corrected chi connectivity index (χ1v) is 18.7. The zero-order chi connectivity index (χ0) is 36.3. The summed E-state index contributed by atoms with van der Waals surface area (Å²) in [5.74, 6) is 0.124. The Balaban J connectivity index is 1.32. The van der Waals surface area contributed by atoms with Crippen LogP contribution in [0.4, 0.5) is 14.5 Å². The quantitative estimate of drug-likeness (QED) is 0.129. The van der Waals surface area contributed by atoms with E-state index in [4.69, 9.17) is 15.2 Å². The Bertz CT molecular complexity index is 1450. The van der Waals surface area contributed by atoms with Crippen LogP contribution in [0.25, 0.3) is 5.57 Å². The molecule has 0 saturated carbocycles. The van der Waals surface area contributed by atoms with Crippen molar-refractivity contribution in [1.29, 1.82) is 0 Å². The van der Waals surface area contributed by atoms with Crippen LogP contribution in [0.3, 0.4) is 0 Å². The molecule has 3 heterocycles. The minimum Gasteiger partial charge on any atom is -0.381 e. The summed E-state index contributed by atoms with van der Waals surface area (Å²) in [5, 5.41) is 8.27. The van der Waals surface area contributed by atoms with E-state index in [1.165, 1.54) is 11.1 Å². The first-order chi connectivity index (χ1) is 24.7. The molecule has 1 saturated heterocycles. The molecule has 3 aliphatic heterocycles. The highest BCUT2D eigenvalue weighted by Gasteiger charge is 2.35. The van der Waals surface area contributed by atoms with Gasteiger partial charge in [-0.1, -0.05) is 5.57 Å². The van der Waals surface area contributed by atoms with E-state index in [2.05, 4.69) is 21.0 Å². The zero-order valence-corrected chi connectivity index (χ0v) is 30.2. The van der Waals surface area contributed by atoms with Gasteiger partial charge >= 0.3 is 0 Å². The fraction of sp³-hybridized carbons (Fsp3) is 0.658. The number of hydrogen-bond donors (Lipinski definition) is 4. The monoisotopic (exact) mass is 714 g/mol. The second-order valence-corrected chi connectivity index (χ2v) is 14.2. The van der Waals surface area contributed by atoms with Gasteiger partial charge in [0, 0.05) is 82.5 Å². The van der Waals surface area contributed by atoms with Gasteiger partial charge in [0.2, 0.25) is 11.8 Å². The standard InChI is InChI=1S/C38H56F2N6O5/c1-42-37(32-21-28(38(49)43-2)8-7-26(32)19-25-9-15-50-16-10-25)46-14-3-5-27-20-31(33(36(39)40)22-34(27)46)29-23-44-45(24-29)13-4-6-30(47)11-17-51-18-12-35(41)48/h20,22,24-25,28,36-37,42,44H,3-19,21,23H2,1-2H3,(H2,41,48)(H,43,49). The lowest BCUT2D eigenvalue weighted by Gasteiger charge is -2.42. The highest BCUT2D eigenvalue weighted by atomic mass is 19.3. The molecule has 1 fully saturated rings. The summed E-state index contributed by atoms with van der Waals surface area (Å²) >= 11 is 0. The third kappa shape index (κ3) is 10.4. The van der Waals surface area contributed by atoms with Crippen LogP contribution < -0.4 is 26.7 Å². The number of alkyl halides is 2. The second kappa shape index (κ2) is 18.9. The lowest BCUT2D eigenvalue weighted by molar-refractivity contribution is -0.125. The molecular formula is C38H56F2N6O5. The number of nitrogens with zero attached hydrogens (tertiary/aromatic N) is 2. The van der Waals surface area contributed by atoms with Crippen molar-refractivity contribution in [3.8, 4) is 0 Å². The van der Waals surface area contributed by atoms with E-state index >= 15 is 0 Å². The normalized spacial score (nSPS) is 20.4. The molecule has 282 valence electrons. The predicted molar refractivity (Wildman–Crippen MR) is 193 cm³/mol. The number of ether oxygens (including phenoxy) is 2. The molecule has 1 aromatic rings. The largest absolute Gasteiger partial charge is 0.381 e. The summed E-state index contributed by atoms with van der Waals surface area (Å²) in [7, 11) is 3.62. The van der Waals surface area contributed by atoms with Crippen LogP contribution >= 0.6 is 0 Å². The van der Waals surface area contributed by atoms with Crippen molar-refractivity contribution in [2.45, 2.75) is 89.6 Å². The molecule has 51 heavy (non-hydrogen) atoms. The van der Waals surface area contributed by atoms with Gasteiger partial charge < -0.3 is 30.4 Å². The maximum Gasteiger partial charge on any atom is 0.264 e. The number of amides is 2. The number of hydrogen-bond acceptors (Lipinski definition) is 9. The van der Waals surface area contributed by atoms with Crippen molar-refractivity contribution in [3.63, 3.8) is 0 Å². The predicted octanol–water partition coefficient (Wildman–Crippen LogP) is 4.37. The number of fused-ring (bicyclic) bond motifs is 1. The number of benzene rings is 1. The van der Waals surface area contributed by atoms with Crippen molar-refractivity contribution in [2.24, 2.45) is 17.6 Å². The Labute approximate surface area is 300 Å². The molecule has 13 heteroatoms. The molecule has 2 atom stereocenters. The number of Topliss-reactive ketones (excluding diaryl/α,β-unsaturated/α-hetero) is 1. The van der Waals surface area contributed by atoms with Gasteiger partial charge in [-0.05, 0) is 105 Å². The number of aryl methyl sites for hydroxylation is 1. The molecule has 5 rings (SSSR count). The molecular weight excluding hydrogens is 658 g/mol. The Hall–Kier alpha value is -3.39. The minimum atomic E-state index is -2.66. The SMILES string of the molecule is CNC(=O)C1CCC(CC2CCOCC2)=C(C(NC)N2CCCc3cc(C4=CN(CCCC(=O)CCOCCC(N)=O)NC4)c(C(F)F)cc32)C1. The van der Waals surface area contributed by atoms with Crippen molar-refractivity contribution < 1.29 is 32.6 Å². The number of carbonyl (C=O) groups excluding carboxylic acids is 3. The van der Waals surface area contributed by atoms with Gasteiger partial charge in [0.15, 0.2) is 0 Å². The number of rotatable bonds is 18. The van der Waals surface area contributed by atoms with E-state index in [1.807, 2.05) is 24.3 Å². The zero-order valence-electron chi connectivity index (χ0n) is 30.2. The summed E-state index contributed by atoms with van der Waals surface area (Å²) in [6.45, 7) is 3.74. The van der Waals surface area contributed by atoms with E-state index in [0.717, 1.165) is 81.5 Å². The summed E-state index contributed by atoms with van der Waals surface area (Å²) in [6, 6.07) is 3.66. The smallest absolute Gasteiger partial charge is 0.264 e. The van der Waals surface area contributed by atoms with Gasteiger partial charge in [-0.2, -0.15) is 0 Å². The van der Waals surface area contributed by atoms with Crippen LogP contribution in [-0.4, -0.2) is 88.9 Å². The summed E-state index contributed by atoms with van der Waals surface area (Å²) in [4.78, 5) is 38.2. The van der Waals surface area contributed by atoms with Crippen LogP contribution in [-0.2, 0) is 30.3 Å². The Morgan fingerprint density at radius 3 is 2.59 bits per heavy atom. The molecule has 4 aliphatic rings. The molecule has 0 radical (unpaired) electrons. The molecule has 11 nitrogen and oxygen atoms in total. The Kier molecular flexibility index (Phi) is 14.4. The van der Waals surface area contributed by atoms with Crippen molar-refractivity contribution in [1.82, 2.24) is 21.1 Å². The third-order valence-corrected chi connectivity index (χ3v) is 10.8. The lowest BCUT2D eigenvalue weighted by atomic mass is 9.77. The number of nitrogens with two attached hydrogens (primary N) is 1. The maximum atomic E-state index is 14.9. The van der Waals surface area contributed by atoms with E-state index in [0.29, 0.717) is 43.8 Å². The average Bonchev–Trinajstić information content (AvgIpc) is 3.60. The number of hydrazine groups is 1. The highest BCUT2D eigenvalue weighted by molar-refractivity contribution is 5.79. The fourth-order valence-corrected chi connectivity index (χ4v) is 8.01. The van der Waals surface area contributed by atoms with Gasteiger partial charge in [0.05, 0.1) is 13.2 Å². The first kappa shape index (κ1) is 38.8. The van der Waals surface area contributed by atoms with E-state index in [-0.39, 0.29) is 55.4 Å². The number of allylic oxidation sites excluding steroid dienone is 1.